The first kappa shape index (κ1) is 14.0. The van der Waals surface area contributed by atoms with Gasteiger partial charge in [-0.1, -0.05) is 6.58 Å². The van der Waals surface area contributed by atoms with E-state index in [1.54, 1.807) is 18.2 Å². The van der Waals surface area contributed by atoms with E-state index in [0.29, 0.717) is 29.8 Å². The number of nitrogens with zero attached hydrogens (tertiary/aromatic N) is 2. The van der Waals surface area contributed by atoms with Crippen molar-refractivity contribution in [1.82, 2.24) is 10.3 Å². The van der Waals surface area contributed by atoms with E-state index in [0.717, 1.165) is 5.57 Å². The highest BCUT2D eigenvalue weighted by atomic mass is 16.6. The van der Waals surface area contributed by atoms with E-state index in [1.165, 1.54) is 12.3 Å². The minimum Gasteiger partial charge on any atom is -0.488 e. The number of nitrogens with one attached hydrogen (secondary N) is 1. The van der Waals surface area contributed by atoms with Crippen LogP contribution >= 0.6 is 0 Å². The summed E-state index contributed by atoms with van der Waals surface area (Å²) in [7, 11) is 1.83. The quantitative estimate of drug-likeness (QED) is 0.496. The normalized spacial score (nSPS) is 10.4. The molecule has 0 aliphatic heterocycles. The van der Waals surface area contributed by atoms with Crippen molar-refractivity contribution in [3.63, 3.8) is 0 Å². The number of rotatable bonds is 6. The first-order valence-electron chi connectivity index (χ1n) is 6.09. The van der Waals surface area contributed by atoms with Crippen molar-refractivity contribution in [3.8, 4) is 5.75 Å². The number of aromatic nitrogens is 1. The van der Waals surface area contributed by atoms with Gasteiger partial charge in [-0.3, -0.25) is 10.1 Å². The maximum absolute atomic E-state index is 11.0. The molecule has 0 atom stereocenters. The number of ether oxygens (including phenoxy) is 1. The lowest BCUT2D eigenvalue weighted by atomic mass is 10.1. The Balaban J connectivity index is 2.33. The van der Waals surface area contributed by atoms with Crippen LogP contribution < -0.4 is 10.1 Å². The van der Waals surface area contributed by atoms with E-state index in [9.17, 15) is 10.1 Å². The summed E-state index contributed by atoms with van der Waals surface area (Å²) < 4.78 is 5.67. The molecule has 2 rings (SSSR count). The number of likely N-dealkylation sites (N-methyl/N-ethyl adjacent to an activating group) is 1. The molecule has 0 radical (unpaired) electrons. The number of hydrogen-bond acceptors (Lipinski definition) is 5. The summed E-state index contributed by atoms with van der Waals surface area (Å²) >= 11 is 0. The smallest absolute Gasteiger partial charge is 0.295 e. The van der Waals surface area contributed by atoms with E-state index in [1.807, 2.05) is 7.05 Å². The van der Waals surface area contributed by atoms with Crippen molar-refractivity contribution < 1.29 is 9.66 Å². The molecule has 0 fully saturated rings. The van der Waals surface area contributed by atoms with Crippen molar-refractivity contribution in [3.05, 3.63) is 52.7 Å². The third kappa shape index (κ3) is 2.92. The fraction of sp³-hybridized carbons (Fsp3) is 0.214. The first-order valence-corrected chi connectivity index (χ1v) is 6.09. The van der Waals surface area contributed by atoms with Crippen LogP contribution in [0, 0.1) is 10.1 Å². The van der Waals surface area contributed by atoms with Gasteiger partial charge in [-0.15, -0.1) is 0 Å². The van der Waals surface area contributed by atoms with E-state index in [-0.39, 0.29) is 5.69 Å². The molecule has 0 saturated carbocycles. The Morgan fingerprint density at radius 2 is 2.30 bits per heavy atom. The second kappa shape index (κ2) is 6.12. The fourth-order valence-electron chi connectivity index (χ4n) is 1.89. The zero-order valence-electron chi connectivity index (χ0n) is 11.1. The highest BCUT2D eigenvalue weighted by molar-refractivity contribution is 5.91. The summed E-state index contributed by atoms with van der Waals surface area (Å²) in [5.41, 5.74) is 1.19. The minimum absolute atomic E-state index is 0.0259. The van der Waals surface area contributed by atoms with Gasteiger partial charge in [0.15, 0.2) is 5.52 Å². The van der Waals surface area contributed by atoms with E-state index >= 15 is 0 Å². The summed E-state index contributed by atoms with van der Waals surface area (Å²) in [6.07, 6.45) is 1.53. The maximum Gasteiger partial charge on any atom is 0.295 e. The number of nitro groups is 1. The van der Waals surface area contributed by atoms with Gasteiger partial charge in [-0.2, -0.15) is 0 Å². The van der Waals surface area contributed by atoms with Gasteiger partial charge in [-0.25, -0.2) is 4.98 Å². The summed E-state index contributed by atoms with van der Waals surface area (Å²) in [4.78, 5) is 14.6. The number of nitro benzene ring substituents is 1. The van der Waals surface area contributed by atoms with Gasteiger partial charge in [0.25, 0.3) is 5.69 Å². The Bertz CT molecular complexity index is 655. The van der Waals surface area contributed by atoms with Crippen molar-refractivity contribution in [2.75, 3.05) is 20.2 Å². The molecule has 1 heterocycles. The molecule has 0 saturated heterocycles. The third-order valence-corrected chi connectivity index (χ3v) is 2.76. The maximum atomic E-state index is 11.0. The largest absolute Gasteiger partial charge is 0.488 e. The van der Waals surface area contributed by atoms with Crippen molar-refractivity contribution >= 4 is 16.6 Å². The zero-order chi connectivity index (χ0) is 14.5. The second-order valence-corrected chi connectivity index (χ2v) is 4.31. The van der Waals surface area contributed by atoms with Gasteiger partial charge < -0.3 is 10.1 Å². The van der Waals surface area contributed by atoms with Crippen LogP contribution in [-0.4, -0.2) is 30.1 Å². The van der Waals surface area contributed by atoms with Gasteiger partial charge in [0, 0.05) is 24.2 Å². The molecule has 0 amide bonds. The number of hydrogen-bond donors (Lipinski definition) is 1. The van der Waals surface area contributed by atoms with E-state index in [4.69, 9.17) is 4.74 Å². The molecule has 0 spiro atoms. The second-order valence-electron chi connectivity index (χ2n) is 4.31. The third-order valence-electron chi connectivity index (χ3n) is 2.76. The summed E-state index contributed by atoms with van der Waals surface area (Å²) in [5, 5.41) is 14.6. The van der Waals surface area contributed by atoms with Crippen LogP contribution in [-0.2, 0) is 0 Å². The molecule has 1 aromatic heterocycles. The molecular formula is C14H15N3O3. The number of pyridine rings is 1. The van der Waals surface area contributed by atoms with Crippen LogP contribution in [0.2, 0.25) is 0 Å². The number of fused-ring (bicyclic) bond motifs is 1. The Morgan fingerprint density at radius 3 is 3.00 bits per heavy atom. The van der Waals surface area contributed by atoms with Crippen molar-refractivity contribution in [2.45, 2.75) is 0 Å². The van der Waals surface area contributed by atoms with Crippen molar-refractivity contribution in [2.24, 2.45) is 0 Å². The first-order chi connectivity index (χ1) is 9.63. The lowest BCUT2D eigenvalue weighted by Gasteiger charge is -2.10. The average Bonchev–Trinajstić information content (AvgIpc) is 2.44. The monoisotopic (exact) mass is 273 g/mol. The molecule has 6 heteroatoms. The number of benzene rings is 1. The molecular weight excluding hydrogens is 258 g/mol. The molecule has 1 N–H and O–H groups in total. The van der Waals surface area contributed by atoms with Gasteiger partial charge in [-0.05, 0) is 30.8 Å². The summed E-state index contributed by atoms with van der Waals surface area (Å²) in [5.74, 6) is 0.566. The minimum atomic E-state index is -0.445. The van der Waals surface area contributed by atoms with Crippen molar-refractivity contribution in [1.29, 1.82) is 0 Å². The number of non-ortho nitro benzene ring substituents is 1. The molecule has 20 heavy (non-hydrogen) atoms. The van der Waals surface area contributed by atoms with E-state index in [2.05, 4.69) is 16.9 Å². The predicted molar refractivity (Wildman–Crippen MR) is 77.0 cm³/mol. The van der Waals surface area contributed by atoms with Crippen LogP contribution in [0.3, 0.4) is 0 Å². The lowest BCUT2D eigenvalue weighted by molar-refractivity contribution is -0.383. The lowest BCUT2D eigenvalue weighted by Crippen LogP contribution is -2.14. The van der Waals surface area contributed by atoms with Crippen LogP contribution in [0.25, 0.3) is 10.9 Å². The van der Waals surface area contributed by atoms with Gasteiger partial charge in [0.05, 0.1) is 4.92 Å². The van der Waals surface area contributed by atoms with Gasteiger partial charge in [0.1, 0.15) is 12.4 Å². The Hall–Kier alpha value is -2.47. The average molecular weight is 273 g/mol. The molecule has 6 nitrogen and oxygen atoms in total. The Morgan fingerprint density at radius 1 is 1.50 bits per heavy atom. The van der Waals surface area contributed by atoms with Gasteiger partial charge >= 0.3 is 0 Å². The predicted octanol–water partition coefficient (Wildman–Crippen LogP) is 2.30. The molecule has 0 unspecified atom stereocenters. The molecule has 0 bridgehead atoms. The highest BCUT2D eigenvalue weighted by Gasteiger charge is 2.15. The van der Waals surface area contributed by atoms with Gasteiger partial charge in [0.2, 0.25) is 0 Å². The van der Waals surface area contributed by atoms with Crippen LogP contribution in [0.4, 0.5) is 5.69 Å². The highest BCUT2D eigenvalue weighted by Crippen LogP contribution is 2.31. The van der Waals surface area contributed by atoms with Crippen LogP contribution in [0.15, 0.2) is 42.6 Å². The molecule has 0 aliphatic carbocycles. The Labute approximate surface area is 116 Å². The van der Waals surface area contributed by atoms with Crippen LogP contribution in [0.1, 0.15) is 0 Å². The summed E-state index contributed by atoms with van der Waals surface area (Å²) in [6, 6.07) is 6.48. The zero-order valence-corrected chi connectivity index (χ0v) is 11.1. The molecule has 1 aromatic carbocycles. The molecule has 0 aliphatic rings. The molecule has 104 valence electrons. The summed E-state index contributed by atoms with van der Waals surface area (Å²) in [6.45, 7) is 4.88. The van der Waals surface area contributed by atoms with Crippen LogP contribution in [0.5, 0.6) is 5.75 Å². The Kier molecular flexibility index (Phi) is 4.27. The van der Waals surface area contributed by atoms with E-state index < -0.39 is 4.92 Å². The topological polar surface area (TPSA) is 77.3 Å². The standard InChI is InChI=1S/C14H15N3O3/c1-10(8-15-2)9-20-13-6-5-12(17(18)19)14-11(13)4-3-7-16-14/h3-7,15H,1,8-9H2,2H3. The molecule has 2 aromatic rings. The SMILES string of the molecule is C=C(CNC)COc1ccc([N+](=O)[O-])c2ncccc12. The fourth-order valence-corrected chi connectivity index (χ4v) is 1.89.